The molecule has 3 aromatic rings. The van der Waals surface area contributed by atoms with Gasteiger partial charge in [-0.1, -0.05) is 15.9 Å². The molecule has 2 fully saturated rings. The number of carbonyl (C=O) groups excluding carboxylic acids is 1. The molecule has 1 amide bonds. The van der Waals surface area contributed by atoms with Crippen LogP contribution in [0.2, 0.25) is 0 Å². The summed E-state index contributed by atoms with van der Waals surface area (Å²) in [5.41, 5.74) is 3.17. The summed E-state index contributed by atoms with van der Waals surface area (Å²) in [6.07, 6.45) is 6.89. The smallest absolute Gasteiger partial charge is 0.252 e. The lowest BCUT2D eigenvalue weighted by Crippen LogP contribution is -2.57. The van der Waals surface area contributed by atoms with Crippen LogP contribution in [-0.4, -0.2) is 34.6 Å². The molecule has 142 valence electrons. The quantitative estimate of drug-likeness (QED) is 0.660. The number of fused-ring (bicyclic) bond motifs is 2. The standard InChI is InChI=1S/C22H20BrN3O2/c23-14-3-4-18-16(10-14)17(11-19(25-18)13-5-7-24-8-6-13)22(27)26-20-12-21-15(20)2-1-9-28-21/h3-8,10-11,15,20-21H,1-2,9,12H2,(H,26,27). The number of halogens is 1. The van der Waals surface area contributed by atoms with E-state index in [1.54, 1.807) is 12.4 Å². The molecule has 3 atom stereocenters. The van der Waals surface area contributed by atoms with Crippen molar-refractivity contribution >= 4 is 32.7 Å². The van der Waals surface area contributed by atoms with Crippen LogP contribution in [0, 0.1) is 5.92 Å². The molecular formula is C22H20BrN3O2. The molecule has 3 unspecified atom stereocenters. The molecule has 1 saturated carbocycles. The summed E-state index contributed by atoms with van der Waals surface area (Å²) in [7, 11) is 0. The Balaban J connectivity index is 1.51. The van der Waals surface area contributed by atoms with E-state index in [1.165, 1.54) is 0 Å². The maximum Gasteiger partial charge on any atom is 0.252 e. The summed E-state index contributed by atoms with van der Waals surface area (Å²) >= 11 is 3.52. The third kappa shape index (κ3) is 3.20. The lowest BCUT2D eigenvalue weighted by atomic mass is 9.72. The molecule has 0 spiro atoms. The lowest BCUT2D eigenvalue weighted by Gasteiger charge is -2.47. The molecule has 1 aliphatic heterocycles. The van der Waals surface area contributed by atoms with Crippen molar-refractivity contribution in [2.75, 3.05) is 6.61 Å². The number of nitrogens with zero attached hydrogens (tertiary/aromatic N) is 2. The van der Waals surface area contributed by atoms with E-state index in [0.29, 0.717) is 17.6 Å². The first-order valence-corrected chi connectivity index (χ1v) is 10.4. The summed E-state index contributed by atoms with van der Waals surface area (Å²) in [5.74, 6) is 0.395. The van der Waals surface area contributed by atoms with Gasteiger partial charge in [0.15, 0.2) is 0 Å². The van der Waals surface area contributed by atoms with Crippen molar-refractivity contribution < 1.29 is 9.53 Å². The molecule has 1 aromatic carbocycles. The van der Waals surface area contributed by atoms with E-state index < -0.39 is 0 Å². The van der Waals surface area contributed by atoms with E-state index in [0.717, 1.165) is 52.5 Å². The van der Waals surface area contributed by atoms with Gasteiger partial charge in [-0.3, -0.25) is 9.78 Å². The highest BCUT2D eigenvalue weighted by atomic mass is 79.9. The average molecular weight is 438 g/mol. The number of pyridine rings is 2. The topological polar surface area (TPSA) is 64.1 Å². The summed E-state index contributed by atoms with van der Waals surface area (Å²) in [6.45, 7) is 0.847. The number of rotatable bonds is 3. The predicted octanol–water partition coefficient (Wildman–Crippen LogP) is 4.36. The van der Waals surface area contributed by atoms with E-state index in [1.807, 2.05) is 36.4 Å². The molecule has 5 rings (SSSR count). The molecule has 2 aromatic heterocycles. The highest BCUT2D eigenvalue weighted by Crippen LogP contribution is 2.38. The van der Waals surface area contributed by atoms with Crippen molar-refractivity contribution in [1.82, 2.24) is 15.3 Å². The monoisotopic (exact) mass is 437 g/mol. The zero-order chi connectivity index (χ0) is 19.1. The first kappa shape index (κ1) is 17.8. The first-order valence-electron chi connectivity index (χ1n) is 9.62. The van der Waals surface area contributed by atoms with E-state index in [2.05, 4.69) is 26.2 Å². The van der Waals surface area contributed by atoms with Crippen LogP contribution in [0.4, 0.5) is 0 Å². The van der Waals surface area contributed by atoms with Gasteiger partial charge in [0.2, 0.25) is 0 Å². The van der Waals surface area contributed by atoms with Gasteiger partial charge >= 0.3 is 0 Å². The Hall–Kier alpha value is -2.31. The average Bonchev–Trinajstić information content (AvgIpc) is 2.72. The Labute approximate surface area is 171 Å². The highest BCUT2D eigenvalue weighted by molar-refractivity contribution is 9.10. The second kappa shape index (κ2) is 7.26. The number of benzene rings is 1. The van der Waals surface area contributed by atoms with Gasteiger partial charge in [0.25, 0.3) is 5.91 Å². The number of amides is 1. The largest absolute Gasteiger partial charge is 0.378 e. The normalized spacial score (nSPS) is 23.7. The molecule has 0 bridgehead atoms. The fourth-order valence-corrected chi connectivity index (χ4v) is 4.63. The Kier molecular flexibility index (Phi) is 4.61. The van der Waals surface area contributed by atoms with E-state index in [4.69, 9.17) is 9.72 Å². The zero-order valence-corrected chi connectivity index (χ0v) is 16.9. The van der Waals surface area contributed by atoms with E-state index in [9.17, 15) is 4.79 Å². The molecule has 1 saturated heterocycles. The van der Waals surface area contributed by atoms with Crippen molar-refractivity contribution in [3.05, 3.63) is 58.8 Å². The van der Waals surface area contributed by atoms with Crippen LogP contribution < -0.4 is 5.32 Å². The second-order valence-corrected chi connectivity index (χ2v) is 8.40. The lowest BCUT2D eigenvalue weighted by molar-refractivity contribution is -0.100. The fraction of sp³-hybridized carbons (Fsp3) is 0.318. The molecule has 0 radical (unpaired) electrons. The summed E-state index contributed by atoms with van der Waals surface area (Å²) in [4.78, 5) is 22.1. The number of nitrogens with one attached hydrogen (secondary N) is 1. The van der Waals surface area contributed by atoms with Crippen LogP contribution in [0.5, 0.6) is 0 Å². The van der Waals surface area contributed by atoms with Gasteiger partial charge in [-0.2, -0.15) is 0 Å². The van der Waals surface area contributed by atoms with Crippen LogP contribution >= 0.6 is 15.9 Å². The molecule has 5 nitrogen and oxygen atoms in total. The van der Waals surface area contributed by atoms with Gasteiger partial charge in [-0.05, 0) is 55.7 Å². The van der Waals surface area contributed by atoms with Crippen LogP contribution in [0.3, 0.4) is 0 Å². The van der Waals surface area contributed by atoms with Crippen LogP contribution in [0.25, 0.3) is 22.2 Å². The van der Waals surface area contributed by atoms with Gasteiger partial charge < -0.3 is 10.1 Å². The highest BCUT2D eigenvalue weighted by Gasteiger charge is 2.44. The van der Waals surface area contributed by atoms with E-state index in [-0.39, 0.29) is 11.9 Å². The number of carbonyl (C=O) groups is 1. The number of aromatic nitrogens is 2. The summed E-state index contributed by atoms with van der Waals surface area (Å²) < 4.78 is 6.71. The van der Waals surface area contributed by atoms with Crippen molar-refractivity contribution in [3.8, 4) is 11.3 Å². The minimum atomic E-state index is -0.0465. The third-order valence-corrected chi connectivity index (χ3v) is 6.30. The van der Waals surface area contributed by atoms with Gasteiger partial charge in [-0.25, -0.2) is 4.98 Å². The van der Waals surface area contributed by atoms with Crippen LogP contribution in [0.15, 0.2) is 53.3 Å². The number of hydrogen-bond acceptors (Lipinski definition) is 4. The number of ether oxygens (including phenoxy) is 1. The maximum absolute atomic E-state index is 13.2. The fourth-order valence-electron chi connectivity index (χ4n) is 4.26. The molecule has 6 heteroatoms. The molecule has 28 heavy (non-hydrogen) atoms. The van der Waals surface area contributed by atoms with Gasteiger partial charge in [0.1, 0.15) is 0 Å². The zero-order valence-electron chi connectivity index (χ0n) is 15.3. The third-order valence-electron chi connectivity index (χ3n) is 5.80. The Morgan fingerprint density at radius 3 is 2.86 bits per heavy atom. The molecule has 3 heterocycles. The van der Waals surface area contributed by atoms with Crippen LogP contribution in [0.1, 0.15) is 29.6 Å². The summed E-state index contributed by atoms with van der Waals surface area (Å²) in [6, 6.07) is 11.7. The van der Waals surface area contributed by atoms with E-state index >= 15 is 0 Å². The minimum absolute atomic E-state index is 0.0465. The predicted molar refractivity (Wildman–Crippen MR) is 111 cm³/mol. The molecule has 1 N–H and O–H groups in total. The Morgan fingerprint density at radius 1 is 1.18 bits per heavy atom. The summed E-state index contributed by atoms with van der Waals surface area (Å²) in [5, 5.41) is 4.10. The first-order chi connectivity index (χ1) is 13.7. The van der Waals surface area contributed by atoms with Gasteiger partial charge in [0.05, 0.1) is 22.9 Å². The van der Waals surface area contributed by atoms with Crippen LogP contribution in [-0.2, 0) is 4.74 Å². The SMILES string of the molecule is O=C(NC1CC2OCCCC12)c1cc(-c2ccncc2)nc2ccc(Br)cc12. The van der Waals surface area contributed by atoms with Gasteiger partial charge in [0, 0.05) is 46.4 Å². The molecule has 1 aliphatic carbocycles. The minimum Gasteiger partial charge on any atom is -0.378 e. The maximum atomic E-state index is 13.2. The number of hydrogen-bond donors (Lipinski definition) is 1. The van der Waals surface area contributed by atoms with Crippen molar-refractivity contribution in [2.45, 2.75) is 31.4 Å². The van der Waals surface area contributed by atoms with Crippen molar-refractivity contribution in [3.63, 3.8) is 0 Å². The molecule has 2 aliphatic rings. The van der Waals surface area contributed by atoms with Gasteiger partial charge in [-0.15, -0.1) is 0 Å². The van der Waals surface area contributed by atoms with Crippen molar-refractivity contribution in [2.24, 2.45) is 5.92 Å². The Morgan fingerprint density at radius 2 is 2.04 bits per heavy atom. The van der Waals surface area contributed by atoms with Crippen molar-refractivity contribution in [1.29, 1.82) is 0 Å². The second-order valence-electron chi connectivity index (χ2n) is 7.48. The molecular weight excluding hydrogens is 418 g/mol. The Bertz CT molecular complexity index is 1040.